The zero-order chi connectivity index (χ0) is 31.5. The van der Waals surface area contributed by atoms with Gasteiger partial charge in [0.05, 0.1) is 45.1 Å². The number of fused-ring (bicyclic) bond motifs is 3. The SMILES string of the molecule is COc1cc([C@@H]2c3cc4c(cc3[C@@H](Nc3ccccc3OCCCCCC(=O)NO)[C@H]3COC(=O)[C@H]23)OCO4)cc(OC)c1O. The van der Waals surface area contributed by atoms with Crippen LogP contribution in [0.5, 0.6) is 34.5 Å². The van der Waals surface area contributed by atoms with Crippen molar-refractivity contribution in [2.24, 2.45) is 11.8 Å². The van der Waals surface area contributed by atoms with E-state index in [0.717, 1.165) is 35.2 Å². The zero-order valence-corrected chi connectivity index (χ0v) is 25.0. The molecule has 45 heavy (non-hydrogen) atoms. The number of anilines is 1. The number of cyclic esters (lactones) is 1. The molecule has 1 saturated heterocycles. The molecule has 3 aromatic rings. The Balaban J connectivity index is 1.34. The van der Waals surface area contributed by atoms with Crippen molar-refractivity contribution in [2.75, 3.05) is 39.5 Å². The molecule has 3 aliphatic rings. The summed E-state index contributed by atoms with van der Waals surface area (Å²) < 4.78 is 34.3. The number of carbonyl (C=O) groups is 2. The Morgan fingerprint density at radius 3 is 2.36 bits per heavy atom. The molecule has 0 bridgehead atoms. The van der Waals surface area contributed by atoms with Crippen molar-refractivity contribution in [1.29, 1.82) is 0 Å². The molecule has 12 heteroatoms. The Labute approximate surface area is 260 Å². The normalized spacial score (nSPS) is 20.9. The summed E-state index contributed by atoms with van der Waals surface area (Å²) >= 11 is 0. The number of hydrogen-bond acceptors (Lipinski definition) is 11. The van der Waals surface area contributed by atoms with E-state index in [4.69, 9.17) is 33.6 Å². The van der Waals surface area contributed by atoms with Gasteiger partial charge in [-0.15, -0.1) is 0 Å². The average molecular weight is 621 g/mol. The number of phenols is 1. The molecule has 0 spiro atoms. The molecular weight excluding hydrogens is 584 g/mol. The van der Waals surface area contributed by atoms with E-state index in [9.17, 15) is 14.7 Å². The molecule has 0 radical (unpaired) electrons. The summed E-state index contributed by atoms with van der Waals surface area (Å²) in [6.07, 6.45) is 2.39. The number of benzene rings is 3. The molecule has 4 atom stereocenters. The van der Waals surface area contributed by atoms with Crippen LogP contribution < -0.4 is 34.5 Å². The maximum Gasteiger partial charge on any atom is 0.310 e. The number of ether oxygens (including phenoxy) is 6. The standard InChI is InChI=1S/C33H36N2O10/c1-40-26-12-18(13-27(41-2)32(26)37)29-19-14-24-25(45-17-44-24)15-20(19)31(21-16-43-33(38)30(21)29)34-22-8-5-6-9-23(22)42-11-7-3-4-10-28(36)35-39/h5-6,8-9,12-15,21,29-31,34,37,39H,3-4,7,10-11,16-17H2,1-2H3,(H,35,36)/t21-,29+,30-,31+/m0/s1. The summed E-state index contributed by atoms with van der Waals surface area (Å²) in [6, 6.07) is 14.6. The van der Waals surface area contributed by atoms with Crippen molar-refractivity contribution in [3.63, 3.8) is 0 Å². The van der Waals surface area contributed by atoms with Gasteiger partial charge in [-0.1, -0.05) is 12.1 Å². The minimum atomic E-state index is -0.557. The number of aromatic hydroxyl groups is 1. The van der Waals surface area contributed by atoms with Crippen LogP contribution in [-0.2, 0) is 14.3 Å². The second-order valence-corrected chi connectivity index (χ2v) is 11.2. The molecule has 0 saturated carbocycles. The predicted molar refractivity (Wildman–Crippen MR) is 160 cm³/mol. The lowest BCUT2D eigenvalue weighted by Gasteiger charge is -2.40. The number of para-hydroxylation sites is 2. The molecule has 4 N–H and O–H groups in total. The number of carbonyl (C=O) groups excluding carboxylic acids is 2. The summed E-state index contributed by atoms with van der Waals surface area (Å²) in [5.74, 6) is 0.219. The lowest BCUT2D eigenvalue weighted by Crippen LogP contribution is -2.37. The van der Waals surface area contributed by atoms with Crippen LogP contribution in [-0.4, -0.2) is 56.4 Å². The third kappa shape index (κ3) is 5.85. The lowest BCUT2D eigenvalue weighted by molar-refractivity contribution is -0.141. The van der Waals surface area contributed by atoms with E-state index in [1.165, 1.54) is 14.2 Å². The number of nitrogens with one attached hydrogen (secondary N) is 2. The Morgan fingerprint density at radius 1 is 0.933 bits per heavy atom. The highest BCUT2D eigenvalue weighted by atomic mass is 16.7. The molecule has 238 valence electrons. The predicted octanol–water partition coefficient (Wildman–Crippen LogP) is 4.67. The first-order chi connectivity index (χ1) is 21.9. The van der Waals surface area contributed by atoms with Crippen molar-refractivity contribution < 1.29 is 48.3 Å². The number of methoxy groups -OCH3 is 2. The molecular formula is C33H36N2O10. The van der Waals surface area contributed by atoms with E-state index >= 15 is 0 Å². The summed E-state index contributed by atoms with van der Waals surface area (Å²) in [4.78, 5) is 24.7. The van der Waals surface area contributed by atoms with Crippen molar-refractivity contribution in [2.45, 2.75) is 37.6 Å². The lowest BCUT2D eigenvalue weighted by atomic mass is 9.65. The van der Waals surface area contributed by atoms with Gasteiger partial charge in [0, 0.05) is 18.3 Å². The van der Waals surface area contributed by atoms with Gasteiger partial charge in [-0.3, -0.25) is 14.8 Å². The second-order valence-electron chi connectivity index (χ2n) is 11.2. The molecule has 1 aliphatic carbocycles. The third-order valence-corrected chi connectivity index (χ3v) is 8.68. The van der Waals surface area contributed by atoms with Crippen LogP contribution in [0.3, 0.4) is 0 Å². The van der Waals surface area contributed by atoms with Crippen LogP contribution in [0.4, 0.5) is 5.69 Å². The van der Waals surface area contributed by atoms with Gasteiger partial charge in [0.25, 0.3) is 0 Å². The van der Waals surface area contributed by atoms with Gasteiger partial charge < -0.3 is 38.8 Å². The highest BCUT2D eigenvalue weighted by Crippen LogP contribution is 2.56. The van der Waals surface area contributed by atoms with Crippen LogP contribution in [0.2, 0.25) is 0 Å². The van der Waals surface area contributed by atoms with Gasteiger partial charge in [0.1, 0.15) is 5.75 Å². The Bertz CT molecular complexity index is 1550. The molecule has 0 unspecified atom stereocenters. The smallest absolute Gasteiger partial charge is 0.310 e. The first-order valence-corrected chi connectivity index (χ1v) is 14.9. The summed E-state index contributed by atoms with van der Waals surface area (Å²) in [5.41, 5.74) is 4.92. The second kappa shape index (κ2) is 13.0. The van der Waals surface area contributed by atoms with E-state index in [1.807, 2.05) is 36.4 Å². The van der Waals surface area contributed by atoms with Gasteiger partial charge in [-0.25, -0.2) is 5.48 Å². The maximum atomic E-state index is 13.5. The van der Waals surface area contributed by atoms with Gasteiger partial charge in [0.15, 0.2) is 23.0 Å². The van der Waals surface area contributed by atoms with Gasteiger partial charge in [-0.2, -0.15) is 0 Å². The first kappa shape index (κ1) is 30.2. The van der Waals surface area contributed by atoms with Crippen LogP contribution in [0, 0.1) is 11.8 Å². The van der Waals surface area contributed by atoms with E-state index in [2.05, 4.69) is 5.32 Å². The monoisotopic (exact) mass is 620 g/mol. The Morgan fingerprint density at radius 2 is 1.64 bits per heavy atom. The van der Waals surface area contributed by atoms with Gasteiger partial charge in [0.2, 0.25) is 18.4 Å². The molecule has 0 aromatic heterocycles. The van der Waals surface area contributed by atoms with Crippen molar-refractivity contribution in [1.82, 2.24) is 5.48 Å². The number of unbranched alkanes of at least 4 members (excludes halogenated alkanes) is 2. The molecule has 1 amide bonds. The fraction of sp³-hybridized carbons (Fsp3) is 0.394. The zero-order valence-electron chi connectivity index (χ0n) is 25.0. The van der Waals surface area contributed by atoms with Gasteiger partial charge >= 0.3 is 5.97 Å². The summed E-state index contributed by atoms with van der Waals surface area (Å²) in [5, 5.41) is 22.9. The van der Waals surface area contributed by atoms with Crippen molar-refractivity contribution >= 4 is 17.6 Å². The third-order valence-electron chi connectivity index (χ3n) is 8.68. The molecule has 1 fully saturated rings. The number of amides is 1. The molecule has 3 aromatic carbocycles. The number of hydroxylamine groups is 1. The number of hydrogen-bond donors (Lipinski definition) is 4. The Kier molecular flexibility index (Phi) is 8.74. The summed E-state index contributed by atoms with van der Waals surface area (Å²) in [6.45, 7) is 0.750. The molecule has 12 nitrogen and oxygen atoms in total. The average Bonchev–Trinajstić information content (AvgIpc) is 3.68. The summed E-state index contributed by atoms with van der Waals surface area (Å²) in [7, 11) is 2.93. The number of rotatable bonds is 12. The first-order valence-electron chi connectivity index (χ1n) is 14.9. The van der Waals surface area contributed by atoms with E-state index in [-0.39, 0.29) is 55.0 Å². The number of phenolic OH excluding ortho intramolecular Hbond substituents is 1. The quantitative estimate of drug-likeness (QED) is 0.0967. The van der Waals surface area contributed by atoms with Crippen LogP contribution in [0.15, 0.2) is 48.5 Å². The molecule has 2 heterocycles. The topological polar surface area (TPSA) is 154 Å². The fourth-order valence-corrected chi connectivity index (χ4v) is 6.52. The highest BCUT2D eigenvalue weighted by Gasteiger charge is 2.53. The van der Waals surface area contributed by atoms with Crippen LogP contribution in [0.1, 0.15) is 54.3 Å². The molecule has 6 rings (SSSR count). The fourth-order valence-electron chi connectivity index (χ4n) is 6.52. The highest BCUT2D eigenvalue weighted by molar-refractivity contribution is 5.79. The van der Waals surface area contributed by atoms with Crippen molar-refractivity contribution in [3.05, 3.63) is 65.2 Å². The van der Waals surface area contributed by atoms with Crippen LogP contribution >= 0.6 is 0 Å². The van der Waals surface area contributed by atoms with E-state index in [0.29, 0.717) is 30.3 Å². The largest absolute Gasteiger partial charge is 0.502 e. The maximum absolute atomic E-state index is 13.5. The Hall–Kier alpha value is -4.84. The minimum Gasteiger partial charge on any atom is -0.502 e. The number of esters is 1. The molecule has 2 aliphatic heterocycles. The van der Waals surface area contributed by atoms with Gasteiger partial charge in [-0.05, 0) is 72.4 Å². The van der Waals surface area contributed by atoms with E-state index in [1.54, 1.807) is 17.6 Å². The van der Waals surface area contributed by atoms with E-state index < -0.39 is 17.7 Å². The van der Waals surface area contributed by atoms with Crippen molar-refractivity contribution in [3.8, 4) is 34.5 Å². The van der Waals surface area contributed by atoms with Crippen LogP contribution in [0.25, 0.3) is 0 Å². The minimum absolute atomic E-state index is 0.0953.